The number of hydrogen-bond donors (Lipinski definition) is 2. The van der Waals surface area contributed by atoms with Crippen LogP contribution in [-0.2, 0) is 4.79 Å². The average molecular weight is 286 g/mol. The molecule has 114 valence electrons. The Bertz CT molecular complexity index is 574. The molecule has 21 heavy (non-hydrogen) atoms. The zero-order valence-corrected chi connectivity index (χ0v) is 13.5. The molecule has 0 saturated carbocycles. The predicted molar refractivity (Wildman–Crippen MR) is 88.5 cm³/mol. The van der Waals surface area contributed by atoms with Crippen LogP contribution in [0.5, 0.6) is 0 Å². The molecule has 1 unspecified atom stereocenters. The molecule has 3 heteroatoms. The third-order valence-electron chi connectivity index (χ3n) is 3.59. The van der Waals surface area contributed by atoms with Gasteiger partial charge in [-0.05, 0) is 44.7 Å². The quantitative estimate of drug-likeness (QED) is 0.843. The summed E-state index contributed by atoms with van der Waals surface area (Å²) in [5.74, 6) is 0.0130. The van der Waals surface area contributed by atoms with Gasteiger partial charge in [-0.25, -0.2) is 0 Å². The summed E-state index contributed by atoms with van der Waals surface area (Å²) in [4.78, 5) is 16.0. The molecule has 1 atom stereocenters. The molecular formula is C18H26N2O. The Morgan fingerprint density at radius 1 is 1.29 bits per heavy atom. The molecule has 0 spiro atoms. The molecule has 0 aliphatic rings. The Kier molecular flexibility index (Phi) is 4.71. The second-order valence-corrected chi connectivity index (χ2v) is 6.75. The van der Waals surface area contributed by atoms with Gasteiger partial charge in [0.2, 0.25) is 5.91 Å². The highest BCUT2D eigenvalue weighted by Crippen LogP contribution is 2.26. The van der Waals surface area contributed by atoms with Crippen molar-refractivity contribution in [1.82, 2.24) is 10.3 Å². The number of amides is 1. The van der Waals surface area contributed by atoms with Crippen LogP contribution in [0.1, 0.15) is 58.6 Å². The summed E-state index contributed by atoms with van der Waals surface area (Å²) < 4.78 is 0. The zero-order chi connectivity index (χ0) is 15.5. The van der Waals surface area contributed by atoms with Crippen molar-refractivity contribution in [2.45, 2.75) is 58.4 Å². The number of H-pyrrole nitrogens is 1. The van der Waals surface area contributed by atoms with Crippen molar-refractivity contribution in [3.05, 3.63) is 36.0 Å². The Morgan fingerprint density at radius 2 is 2.00 bits per heavy atom. The number of para-hydroxylation sites is 1. The maximum Gasteiger partial charge on any atom is 0.229 e. The van der Waals surface area contributed by atoms with Gasteiger partial charge in [-0.2, -0.15) is 0 Å². The Hall–Kier alpha value is -1.77. The second-order valence-electron chi connectivity index (χ2n) is 6.75. The maximum absolute atomic E-state index is 12.6. The lowest BCUT2D eigenvalue weighted by Gasteiger charge is -2.24. The topological polar surface area (TPSA) is 44.9 Å². The smallest absolute Gasteiger partial charge is 0.229 e. The van der Waals surface area contributed by atoms with Crippen LogP contribution in [0.3, 0.4) is 0 Å². The van der Waals surface area contributed by atoms with E-state index in [1.165, 1.54) is 0 Å². The molecule has 1 aromatic heterocycles. The molecule has 2 rings (SSSR count). The lowest BCUT2D eigenvalue weighted by Crippen LogP contribution is -2.43. The van der Waals surface area contributed by atoms with Crippen LogP contribution in [0.4, 0.5) is 0 Å². The van der Waals surface area contributed by atoms with E-state index in [1.54, 1.807) is 0 Å². The number of carbonyl (C=O) groups is 1. The number of nitrogens with one attached hydrogen (secondary N) is 2. The van der Waals surface area contributed by atoms with Gasteiger partial charge in [-0.1, -0.05) is 38.0 Å². The van der Waals surface area contributed by atoms with Crippen molar-refractivity contribution in [1.29, 1.82) is 0 Å². The lowest BCUT2D eigenvalue weighted by atomic mass is 9.96. The van der Waals surface area contributed by atoms with Crippen molar-refractivity contribution in [2.24, 2.45) is 0 Å². The number of aromatic amines is 1. The van der Waals surface area contributed by atoms with Gasteiger partial charge < -0.3 is 10.3 Å². The minimum atomic E-state index is -0.201. The van der Waals surface area contributed by atoms with E-state index in [4.69, 9.17) is 0 Å². The number of hydrogen-bond acceptors (Lipinski definition) is 1. The first kappa shape index (κ1) is 15.6. The van der Waals surface area contributed by atoms with Crippen molar-refractivity contribution in [2.75, 3.05) is 0 Å². The highest BCUT2D eigenvalue weighted by atomic mass is 16.2. The normalized spacial score (nSPS) is 13.3. The van der Waals surface area contributed by atoms with Crippen LogP contribution in [0.2, 0.25) is 0 Å². The van der Waals surface area contributed by atoms with E-state index in [1.807, 2.05) is 32.9 Å². The second kappa shape index (κ2) is 6.33. The zero-order valence-electron chi connectivity index (χ0n) is 13.5. The number of unbranched alkanes of at least 4 members (excludes halogenated alkanes) is 1. The monoisotopic (exact) mass is 286 g/mol. The van der Waals surface area contributed by atoms with Crippen LogP contribution < -0.4 is 5.32 Å². The van der Waals surface area contributed by atoms with Gasteiger partial charge in [0.05, 0.1) is 5.92 Å². The minimum absolute atomic E-state index is 0.100. The molecule has 0 fully saturated rings. The van der Waals surface area contributed by atoms with E-state index in [-0.39, 0.29) is 17.4 Å². The summed E-state index contributed by atoms with van der Waals surface area (Å²) in [7, 11) is 0. The molecular weight excluding hydrogens is 260 g/mol. The first-order valence-electron chi connectivity index (χ1n) is 7.80. The number of carbonyl (C=O) groups excluding carboxylic acids is 1. The molecule has 0 saturated heterocycles. The van der Waals surface area contributed by atoms with Gasteiger partial charge in [0.15, 0.2) is 0 Å². The fraction of sp³-hybridized carbons (Fsp3) is 0.500. The largest absolute Gasteiger partial charge is 0.358 e. The standard InChI is InChI=1S/C18H26N2O/c1-5-6-10-14(17(21)20-18(2,3)4)16-12-13-9-7-8-11-15(13)19-16/h7-9,11-12,14,19H,5-6,10H2,1-4H3,(H,20,21). The molecule has 2 aromatic rings. The van der Waals surface area contributed by atoms with Gasteiger partial charge in [-0.15, -0.1) is 0 Å². The average Bonchev–Trinajstić information content (AvgIpc) is 2.80. The minimum Gasteiger partial charge on any atom is -0.358 e. The van der Waals surface area contributed by atoms with Crippen LogP contribution in [0, 0.1) is 0 Å². The van der Waals surface area contributed by atoms with Crippen molar-refractivity contribution in [3.8, 4) is 0 Å². The molecule has 1 heterocycles. The summed E-state index contributed by atoms with van der Waals surface area (Å²) in [6, 6.07) is 10.3. The third-order valence-corrected chi connectivity index (χ3v) is 3.59. The number of fused-ring (bicyclic) bond motifs is 1. The molecule has 0 radical (unpaired) electrons. The highest BCUT2D eigenvalue weighted by Gasteiger charge is 2.25. The van der Waals surface area contributed by atoms with Crippen LogP contribution in [0.25, 0.3) is 10.9 Å². The number of rotatable bonds is 5. The summed E-state index contributed by atoms with van der Waals surface area (Å²) in [5.41, 5.74) is 1.91. The molecule has 3 nitrogen and oxygen atoms in total. The van der Waals surface area contributed by atoms with Gasteiger partial charge in [-0.3, -0.25) is 4.79 Å². The molecule has 0 bridgehead atoms. The fourth-order valence-electron chi connectivity index (χ4n) is 2.58. The first-order chi connectivity index (χ1) is 9.90. The van der Waals surface area contributed by atoms with Crippen molar-refractivity contribution >= 4 is 16.8 Å². The van der Waals surface area contributed by atoms with Crippen molar-refractivity contribution in [3.63, 3.8) is 0 Å². The Labute approximate surface area is 127 Å². The SMILES string of the molecule is CCCCC(C(=O)NC(C)(C)C)c1cc2ccccc2[nH]1. The highest BCUT2D eigenvalue weighted by molar-refractivity contribution is 5.87. The maximum atomic E-state index is 12.6. The molecule has 1 amide bonds. The van der Waals surface area contributed by atoms with E-state index < -0.39 is 0 Å². The number of aromatic nitrogens is 1. The summed E-state index contributed by atoms with van der Waals surface area (Å²) in [6.07, 6.45) is 3.03. The number of benzene rings is 1. The van der Waals surface area contributed by atoms with Gasteiger partial charge in [0.1, 0.15) is 0 Å². The van der Waals surface area contributed by atoms with Gasteiger partial charge in [0, 0.05) is 16.7 Å². The third kappa shape index (κ3) is 4.10. The summed E-state index contributed by atoms with van der Waals surface area (Å²) in [5, 5.41) is 4.28. The summed E-state index contributed by atoms with van der Waals surface area (Å²) in [6.45, 7) is 8.22. The predicted octanol–water partition coefficient (Wildman–Crippen LogP) is 4.36. The van der Waals surface area contributed by atoms with E-state index in [2.05, 4.69) is 35.4 Å². The van der Waals surface area contributed by atoms with E-state index in [0.29, 0.717) is 0 Å². The van der Waals surface area contributed by atoms with Crippen LogP contribution in [-0.4, -0.2) is 16.4 Å². The van der Waals surface area contributed by atoms with E-state index in [9.17, 15) is 4.79 Å². The van der Waals surface area contributed by atoms with E-state index >= 15 is 0 Å². The van der Waals surface area contributed by atoms with Gasteiger partial charge in [0.25, 0.3) is 0 Å². The van der Waals surface area contributed by atoms with Crippen LogP contribution >= 0.6 is 0 Å². The fourth-order valence-corrected chi connectivity index (χ4v) is 2.58. The molecule has 2 N–H and O–H groups in total. The Morgan fingerprint density at radius 3 is 2.62 bits per heavy atom. The molecule has 0 aliphatic carbocycles. The Balaban J connectivity index is 2.28. The summed E-state index contributed by atoms with van der Waals surface area (Å²) >= 11 is 0. The van der Waals surface area contributed by atoms with Crippen molar-refractivity contribution < 1.29 is 4.79 Å². The first-order valence-corrected chi connectivity index (χ1v) is 7.80. The lowest BCUT2D eigenvalue weighted by molar-refractivity contribution is -0.124. The van der Waals surface area contributed by atoms with E-state index in [0.717, 1.165) is 35.9 Å². The van der Waals surface area contributed by atoms with Gasteiger partial charge >= 0.3 is 0 Å². The van der Waals surface area contributed by atoms with Crippen LogP contribution in [0.15, 0.2) is 30.3 Å². The molecule has 1 aromatic carbocycles. The molecule has 0 aliphatic heterocycles.